The first-order chi connectivity index (χ1) is 6.00. The molecule has 1 aromatic carbocycles. The minimum absolute atomic E-state index is 0.132. The van der Waals surface area contributed by atoms with Crippen LogP contribution in [0.25, 0.3) is 0 Å². The summed E-state index contributed by atoms with van der Waals surface area (Å²) in [5.74, 6) is -1.15. The van der Waals surface area contributed by atoms with E-state index in [9.17, 15) is 9.18 Å². The first kappa shape index (κ1) is 4.09. The Morgan fingerprint density at radius 1 is 1.70 bits per heavy atom. The molecule has 1 aromatic rings. The Bertz CT molecular complexity index is 351. The fourth-order valence-electron chi connectivity index (χ4n) is 0.475. The highest BCUT2D eigenvalue weighted by Crippen LogP contribution is 2.15. The van der Waals surface area contributed by atoms with E-state index in [2.05, 4.69) is 0 Å². The zero-order valence-electron chi connectivity index (χ0n) is 7.74. The van der Waals surface area contributed by atoms with Crippen molar-refractivity contribution >= 4 is 17.9 Å². The molecule has 0 bridgehead atoms. The maximum absolute atomic E-state index is 13.0. The molecule has 52 valence electrons. The molecule has 0 atom stereocenters. The van der Waals surface area contributed by atoms with Crippen molar-refractivity contribution < 1.29 is 13.3 Å². The molecule has 0 N–H and O–H groups in total. The highest BCUT2D eigenvalue weighted by molar-refractivity contribution is 6.32. The Hall–Kier alpha value is -0.890. The van der Waals surface area contributed by atoms with Crippen LogP contribution in [0.15, 0.2) is 18.1 Å². The van der Waals surface area contributed by atoms with Gasteiger partial charge in [-0.2, -0.15) is 0 Å². The van der Waals surface area contributed by atoms with Crippen LogP contribution < -0.4 is 0 Å². The number of carbonyl (C=O) groups is 1. The van der Waals surface area contributed by atoms with Gasteiger partial charge in [0.15, 0.2) is 6.29 Å². The first-order valence-corrected chi connectivity index (χ1v) is 2.78. The van der Waals surface area contributed by atoms with E-state index < -0.39 is 34.5 Å². The summed E-state index contributed by atoms with van der Waals surface area (Å²) < 4.78 is 34.3. The minimum atomic E-state index is -1.15. The molecule has 0 aliphatic heterocycles. The van der Waals surface area contributed by atoms with Crippen molar-refractivity contribution in [2.75, 3.05) is 0 Å². The van der Waals surface area contributed by atoms with Crippen molar-refractivity contribution in [2.45, 2.75) is 0 Å². The summed E-state index contributed by atoms with van der Waals surface area (Å²) >= 11 is 5.41. The molecule has 0 saturated carbocycles. The average molecular weight is 162 g/mol. The van der Waals surface area contributed by atoms with E-state index in [0.717, 1.165) is 0 Å². The number of aldehydes is 1. The van der Waals surface area contributed by atoms with Crippen molar-refractivity contribution in [3.8, 4) is 0 Å². The number of rotatable bonds is 1. The van der Waals surface area contributed by atoms with Gasteiger partial charge in [0.25, 0.3) is 0 Å². The van der Waals surface area contributed by atoms with E-state index >= 15 is 0 Å². The molecule has 0 radical (unpaired) electrons. The van der Waals surface area contributed by atoms with Crippen molar-refractivity contribution in [1.82, 2.24) is 0 Å². The number of hydrogen-bond acceptors (Lipinski definition) is 1. The molecule has 0 aromatic heterocycles. The summed E-state index contributed by atoms with van der Waals surface area (Å²) in [4.78, 5) is 10.3. The molecule has 0 fully saturated rings. The third-order valence-corrected chi connectivity index (χ3v) is 1.23. The van der Waals surface area contributed by atoms with Gasteiger partial charge in [-0.05, 0) is 12.1 Å². The maximum Gasteiger partial charge on any atom is 0.154 e. The predicted molar refractivity (Wildman–Crippen MR) is 36.8 cm³/mol. The largest absolute Gasteiger partial charge is 0.298 e. The predicted octanol–water partition coefficient (Wildman–Crippen LogP) is 2.29. The second-order valence-electron chi connectivity index (χ2n) is 1.53. The number of benzene rings is 1. The number of carbonyl (C=O) groups excluding carboxylic acids is 1. The second-order valence-corrected chi connectivity index (χ2v) is 1.91. The summed E-state index contributed by atoms with van der Waals surface area (Å²) in [5.41, 5.74) is -0.535. The Morgan fingerprint density at radius 2 is 2.40 bits per heavy atom. The Morgan fingerprint density at radius 3 is 3.00 bits per heavy atom. The molecule has 1 rings (SSSR count). The molecule has 1 nitrogen and oxygen atoms in total. The smallest absolute Gasteiger partial charge is 0.154 e. The third kappa shape index (κ3) is 1.16. The first-order valence-electron chi connectivity index (χ1n) is 3.90. The van der Waals surface area contributed by atoms with E-state index in [0.29, 0.717) is 0 Å². The van der Waals surface area contributed by atoms with Gasteiger partial charge in [-0.25, -0.2) is 4.39 Å². The number of halogens is 2. The van der Waals surface area contributed by atoms with Gasteiger partial charge in [-0.15, -0.1) is 0 Å². The van der Waals surface area contributed by atoms with Crippen LogP contribution in [0.5, 0.6) is 0 Å². The molecule has 0 amide bonds. The molecule has 10 heavy (non-hydrogen) atoms. The molecule has 0 aliphatic carbocycles. The van der Waals surface area contributed by atoms with Gasteiger partial charge in [0.2, 0.25) is 0 Å². The quantitative estimate of drug-likeness (QED) is 0.578. The normalized spacial score (nSPS) is 13.6. The summed E-state index contributed by atoms with van der Waals surface area (Å²) in [5, 5.41) is -0.423. The summed E-state index contributed by atoms with van der Waals surface area (Å²) in [6.45, 7) is 0. The summed E-state index contributed by atoms with van der Waals surface area (Å²) in [7, 11) is 0. The van der Waals surface area contributed by atoms with Crippen LogP contribution in [0.4, 0.5) is 4.39 Å². The van der Waals surface area contributed by atoms with Crippen LogP contribution in [0.1, 0.15) is 14.5 Å². The van der Waals surface area contributed by atoms with Crippen molar-refractivity contribution in [3.63, 3.8) is 0 Å². The van der Waals surface area contributed by atoms with E-state index in [1.807, 2.05) is 0 Å². The lowest BCUT2D eigenvalue weighted by Gasteiger charge is -1.94. The molecular formula is C7H4ClFO. The van der Waals surface area contributed by atoms with E-state index in [4.69, 9.17) is 15.7 Å². The lowest BCUT2D eigenvalue weighted by Crippen LogP contribution is -1.86. The molecule has 3 heteroatoms. The van der Waals surface area contributed by atoms with E-state index in [-0.39, 0.29) is 6.29 Å². The van der Waals surface area contributed by atoms with E-state index in [1.54, 1.807) is 0 Å². The fourth-order valence-corrected chi connectivity index (χ4v) is 0.650. The van der Waals surface area contributed by atoms with Gasteiger partial charge in [0.05, 0.1) is 14.7 Å². The standard InChI is InChI=1S/C7H4ClFO/c8-6-2-1-3-7(9)5(6)4-10/h1-4H/i1D,2D,3D. The van der Waals surface area contributed by atoms with Gasteiger partial charge in [0, 0.05) is 0 Å². The fraction of sp³-hybridized carbons (Fsp3) is 0. The SMILES string of the molecule is [2H]c1c([2H])c(F)c(C=O)c(Cl)c1[2H]. The van der Waals surface area contributed by atoms with Crippen molar-refractivity contribution in [3.05, 3.63) is 34.5 Å². The summed E-state index contributed by atoms with van der Waals surface area (Å²) in [6, 6.07) is -1.90. The maximum atomic E-state index is 13.0. The van der Waals surface area contributed by atoms with Crippen molar-refractivity contribution in [1.29, 1.82) is 0 Å². The minimum Gasteiger partial charge on any atom is -0.298 e. The molecular weight excluding hydrogens is 155 g/mol. The third-order valence-electron chi connectivity index (χ3n) is 0.935. The van der Waals surface area contributed by atoms with Gasteiger partial charge in [-0.3, -0.25) is 4.79 Å². The topological polar surface area (TPSA) is 17.1 Å². The Balaban J connectivity index is 3.66. The van der Waals surface area contributed by atoms with Gasteiger partial charge >= 0.3 is 0 Å². The van der Waals surface area contributed by atoms with Gasteiger partial charge < -0.3 is 0 Å². The van der Waals surface area contributed by atoms with Gasteiger partial charge in [-0.1, -0.05) is 17.6 Å². The zero-order valence-corrected chi connectivity index (χ0v) is 5.50. The monoisotopic (exact) mass is 161 g/mol. The highest BCUT2D eigenvalue weighted by Gasteiger charge is 2.03. The van der Waals surface area contributed by atoms with Crippen LogP contribution in [0, 0.1) is 5.82 Å². The average Bonchev–Trinajstić information content (AvgIpc) is 2.13. The van der Waals surface area contributed by atoms with Crippen LogP contribution in [-0.2, 0) is 0 Å². The Kier molecular flexibility index (Phi) is 1.14. The van der Waals surface area contributed by atoms with Crippen LogP contribution in [0.2, 0.25) is 5.02 Å². The second kappa shape index (κ2) is 2.80. The van der Waals surface area contributed by atoms with E-state index in [1.165, 1.54) is 0 Å². The van der Waals surface area contributed by atoms with Crippen molar-refractivity contribution in [2.24, 2.45) is 0 Å². The number of hydrogen-bond donors (Lipinski definition) is 0. The highest BCUT2D eigenvalue weighted by atomic mass is 35.5. The molecule has 0 saturated heterocycles. The lowest BCUT2D eigenvalue weighted by atomic mass is 10.2. The summed E-state index contributed by atoms with van der Waals surface area (Å²) in [6.07, 6.45) is 0.132. The van der Waals surface area contributed by atoms with Gasteiger partial charge in [0.1, 0.15) is 5.82 Å². The molecule has 0 unspecified atom stereocenters. The molecule has 0 aliphatic rings. The zero-order chi connectivity index (χ0) is 10.2. The van der Waals surface area contributed by atoms with Crippen LogP contribution in [0.3, 0.4) is 0 Å². The molecule has 0 heterocycles. The van der Waals surface area contributed by atoms with Crippen LogP contribution >= 0.6 is 11.6 Å². The lowest BCUT2D eigenvalue weighted by molar-refractivity contribution is 0.112. The van der Waals surface area contributed by atoms with Crippen LogP contribution in [-0.4, -0.2) is 6.29 Å². The molecule has 0 spiro atoms. The Labute approximate surface area is 66.6 Å².